The molecule has 23 heavy (non-hydrogen) atoms. The van der Waals surface area contributed by atoms with E-state index in [1.807, 2.05) is 49.4 Å². The molecule has 0 fully saturated rings. The Morgan fingerprint density at radius 3 is 2.43 bits per heavy atom. The molecule has 0 saturated heterocycles. The largest absolute Gasteiger partial charge is 0.480 e. The predicted octanol–water partition coefficient (Wildman–Crippen LogP) is 2.60. The van der Waals surface area contributed by atoms with Crippen LogP contribution in [-0.4, -0.2) is 48.1 Å². The highest BCUT2D eigenvalue weighted by Crippen LogP contribution is 2.26. The second kappa shape index (κ2) is 7.24. The molecule has 122 valence electrons. The lowest BCUT2D eigenvalue weighted by Crippen LogP contribution is -2.44. The second-order valence-corrected chi connectivity index (χ2v) is 5.57. The van der Waals surface area contributed by atoms with Crippen molar-refractivity contribution in [3.8, 4) is 0 Å². The van der Waals surface area contributed by atoms with Gasteiger partial charge in [0.15, 0.2) is 0 Å². The lowest BCUT2D eigenvalue weighted by atomic mass is 10.1. The van der Waals surface area contributed by atoms with Gasteiger partial charge in [0.1, 0.15) is 6.04 Å². The van der Waals surface area contributed by atoms with Gasteiger partial charge in [0.05, 0.1) is 12.2 Å². The third-order valence-electron chi connectivity index (χ3n) is 4.08. The van der Waals surface area contributed by atoms with E-state index in [1.54, 1.807) is 23.8 Å². The summed E-state index contributed by atoms with van der Waals surface area (Å²) in [7, 11) is 1.65. The third-order valence-corrected chi connectivity index (χ3v) is 4.08. The minimum absolute atomic E-state index is 0.0600. The maximum absolute atomic E-state index is 12.6. The molecule has 0 heterocycles. The van der Waals surface area contributed by atoms with E-state index in [1.165, 1.54) is 0 Å². The normalized spacial score (nSPS) is 12.3. The number of nitrogens with zero attached hydrogens (tertiary/aromatic N) is 2. The number of anilines is 1. The third kappa shape index (κ3) is 3.68. The molecule has 2 aromatic rings. The highest BCUT2D eigenvalue weighted by molar-refractivity contribution is 6.04. The summed E-state index contributed by atoms with van der Waals surface area (Å²) < 4.78 is 0. The van der Waals surface area contributed by atoms with Gasteiger partial charge < -0.3 is 10.0 Å². The van der Waals surface area contributed by atoms with Crippen LogP contribution in [0, 0.1) is 0 Å². The molecule has 1 atom stereocenters. The monoisotopic (exact) mass is 314 g/mol. The Hall–Kier alpha value is -2.40. The Morgan fingerprint density at radius 2 is 1.78 bits per heavy atom. The van der Waals surface area contributed by atoms with Crippen molar-refractivity contribution in [3.63, 3.8) is 0 Å². The van der Waals surface area contributed by atoms with Crippen molar-refractivity contribution >= 4 is 28.3 Å². The fourth-order valence-corrected chi connectivity index (χ4v) is 2.55. The van der Waals surface area contributed by atoms with Gasteiger partial charge in [-0.3, -0.25) is 14.5 Å². The van der Waals surface area contributed by atoms with Crippen LogP contribution >= 0.6 is 0 Å². The quantitative estimate of drug-likeness (QED) is 0.890. The van der Waals surface area contributed by atoms with Crippen molar-refractivity contribution in [2.45, 2.75) is 19.9 Å². The number of hydrogen-bond donors (Lipinski definition) is 1. The molecule has 0 aliphatic heterocycles. The van der Waals surface area contributed by atoms with Gasteiger partial charge in [-0.05, 0) is 32.3 Å². The van der Waals surface area contributed by atoms with Gasteiger partial charge in [-0.2, -0.15) is 0 Å². The van der Waals surface area contributed by atoms with E-state index in [0.29, 0.717) is 6.54 Å². The smallest absolute Gasteiger partial charge is 0.320 e. The molecular formula is C18H22N2O3. The van der Waals surface area contributed by atoms with Crippen LogP contribution in [0.4, 0.5) is 5.69 Å². The van der Waals surface area contributed by atoms with E-state index in [-0.39, 0.29) is 12.5 Å². The number of carboxylic acid groups (broad SMARTS) is 1. The summed E-state index contributed by atoms with van der Waals surface area (Å²) in [5, 5.41) is 11.1. The number of benzene rings is 2. The molecule has 5 heteroatoms. The fraction of sp³-hybridized carbons (Fsp3) is 0.333. The molecule has 2 aromatic carbocycles. The van der Waals surface area contributed by atoms with Gasteiger partial charge >= 0.3 is 5.97 Å². The van der Waals surface area contributed by atoms with E-state index in [2.05, 4.69) is 0 Å². The Bertz CT molecular complexity index is 709. The maximum Gasteiger partial charge on any atom is 0.320 e. The van der Waals surface area contributed by atoms with Gasteiger partial charge in [-0.25, -0.2) is 0 Å². The summed E-state index contributed by atoms with van der Waals surface area (Å²) in [4.78, 5) is 26.9. The van der Waals surface area contributed by atoms with E-state index >= 15 is 0 Å². The molecule has 5 nitrogen and oxygen atoms in total. The SMILES string of the molecule is CCN(C(=O)CN(C)C(C)C(=O)O)c1cccc2ccccc12. The van der Waals surface area contributed by atoms with Crippen LogP contribution in [0.3, 0.4) is 0 Å². The van der Waals surface area contributed by atoms with Crippen LogP contribution in [0.1, 0.15) is 13.8 Å². The number of carbonyl (C=O) groups excluding carboxylic acids is 1. The van der Waals surface area contributed by atoms with Crippen molar-refractivity contribution < 1.29 is 14.7 Å². The highest BCUT2D eigenvalue weighted by Gasteiger charge is 2.23. The number of fused-ring (bicyclic) bond motifs is 1. The van der Waals surface area contributed by atoms with Crippen molar-refractivity contribution in [2.75, 3.05) is 25.0 Å². The van der Waals surface area contributed by atoms with E-state index in [0.717, 1.165) is 16.5 Å². The number of carboxylic acids is 1. The summed E-state index contributed by atoms with van der Waals surface area (Å²) in [5.74, 6) is -1.05. The molecule has 0 aromatic heterocycles. The maximum atomic E-state index is 12.6. The molecular weight excluding hydrogens is 292 g/mol. The first-order valence-electron chi connectivity index (χ1n) is 7.66. The van der Waals surface area contributed by atoms with Crippen LogP contribution in [0.25, 0.3) is 10.8 Å². The molecule has 0 bridgehead atoms. The Morgan fingerprint density at radius 1 is 1.13 bits per heavy atom. The fourth-order valence-electron chi connectivity index (χ4n) is 2.55. The van der Waals surface area contributed by atoms with Gasteiger partial charge in [0.2, 0.25) is 5.91 Å². The molecule has 1 amide bonds. The van der Waals surface area contributed by atoms with Crippen molar-refractivity contribution in [1.82, 2.24) is 4.90 Å². The number of carbonyl (C=O) groups is 2. The Labute approximate surface area is 136 Å². The Kier molecular flexibility index (Phi) is 5.34. The molecule has 0 spiro atoms. The van der Waals surface area contributed by atoms with E-state index in [9.17, 15) is 9.59 Å². The van der Waals surface area contributed by atoms with Crippen LogP contribution in [0.2, 0.25) is 0 Å². The summed E-state index contributed by atoms with van der Waals surface area (Å²) in [5.41, 5.74) is 0.854. The average Bonchev–Trinajstić information content (AvgIpc) is 2.54. The van der Waals surface area contributed by atoms with Crippen molar-refractivity contribution in [3.05, 3.63) is 42.5 Å². The zero-order chi connectivity index (χ0) is 17.0. The topological polar surface area (TPSA) is 60.9 Å². The number of rotatable bonds is 6. The Balaban J connectivity index is 2.28. The lowest BCUT2D eigenvalue weighted by molar-refractivity contribution is -0.142. The highest BCUT2D eigenvalue weighted by atomic mass is 16.4. The summed E-state index contributed by atoms with van der Waals surface area (Å²) in [6.45, 7) is 4.08. The summed E-state index contributed by atoms with van der Waals surface area (Å²) >= 11 is 0. The van der Waals surface area contributed by atoms with Crippen LogP contribution in [0.15, 0.2) is 42.5 Å². The van der Waals surface area contributed by atoms with Crippen LogP contribution in [0.5, 0.6) is 0 Å². The first-order chi connectivity index (χ1) is 11.0. The van der Waals surface area contributed by atoms with Crippen LogP contribution < -0.4 is 4.90 Å². The zero-order valence-electron chi connectivity index (χ0n) is 13.7. The minimum Gasteiger partial charge on any atom is -0.480 e. The van der Waals surface area contributed by atoms with E-state index < -0.39 is 12.0 Å². The van der Waals surface area contributed by atoms with Gasteiger partial charge in [0, 0.05) is 11.9 Å². The molecule has 0 saturated carbocycles. The molecule has 2 rings (SSSR count). The first-order valence-corrected chi connectivity index (χ1v) is 7.66. The predicted molar refractivity (Wildman–Crippen MR) is 91.7 cm³/mol. The molecule has 1 unspecified atom stereocenters. The lowest BCUT2D eigenvalue weighted by Gasteiger charge is -2.27. The molecule has 0 aliphatic rings. The second-order valence-electron chi connectivity index (χ2n) is 5.57. The van der Waals surface area contributed by atoms with Gasteiger partial charge in [-0.1, -0.05) is 36.4 Å². The molecule has 0 radical (unpaired) electrons. The molecule has 1 N–H and O–H groups in total. The number of aliphatic carboxylic acids is 1. The standard InChI is InChI=1S/C18H22N2O3/c1-4-20(17(21)12-19(3)13(2)18(22)23)16-11-7-9-14-8-5-6-10-15(14)16/h5-11,13H,4,12H2,1-3H3,(H,22,23). The zero-order valence-corrected chi connectivity index (χ0v) is 13.7. The number of amides is 1. The number of hydrogen-bond acceptors (Lipinski definition) is 3. The van der Waals surface area contributed by atoms with E-state index in [4.69, 9.17) is 5.11 Å². The summed E-state index contributed by atoms with van der Waals surface area (Å²) in [6.07, 6.45) is 0. The molecule has 0 aliphatic carbocycles. The van der Waals surface area contributed by atoms with Crippen molar-refractivity contribution in [2.24, 2.45) is 0 Å². The average molecular weight is 314 g/mol. The van der Waals surface area contributed by atoms with Gasteiger partial charge in [-0.15, -0.1) is 0 Å². The summed E-state index contributed by atoms with van der Waals surface area (Å²) in [6, 6.07) is 13.1. The number of likely N-dealkylation sites (N-methyl/N-ethyl adjacent to an activating group) is 2. The van der Waals surface area contributed by atoms with Gasteiger partial charge in [0.25, 0.3) is 0 Å². The minimum atomic E-state index is -0.937. The van der Waals surface area contributed by atoms with Crippen LogP contribution in [-0.2, 0) is 9.59 Å². The first kappa shape index (κ1) is 17.0. The van der Waals surface area contributed by atoms with Crippen molar-refractivity contribution in [1.29, 1.82) is 0 Å².